The van der Waals surface area contributed by atoms with Gasteiger partial charge in [0.1, 0.15) is 5.75 Å². The second kappa shape index (κ2) is 8.39. The Morgan fingerprint density at radius 3 is 2.52 bits per heavy atom. The molecule has 0 atom stereocenters. The molecule has 0 fully saturated rings. The minimum atomic E-state index is -0.520. The molecule has 0 aliphatic rings. The van der Waals surface area contributed by atoms with Crippen LogP contribution in [0.25, 0.3) is 0 Å². The molecule has 0 saturated heterocycles. The maximum absolute atomic E-state index is 12.4. The number of halogens is 1. The molecule has 0 aromatic heterocycles. The predicted octanol–water partition coefficient (Wildman–Crippen LogP) is 3.75. The number of benzene rings is 2. The van der Waals surface area contributed by atoms with Gasteiger partial charge in [0.25, 0.3) is 5.91 Å². The molecule has 0 aliphatic heterocycles. The van der Waals surface area contributed by atoms with Gasteiger partial charge in [-0.1, -0.05) is 18.5 Å². The normalized spacial score (nSPS) is 10.2. The van der Waals surface area contributed by atoms with Crippen molar-refractivity contribution in [2.45, 2.75) is 13.3 Å². The number of amides is 1. The molecule has 3 N–H and O–H groups in total. The van der Waals surface area contributed by atoms with Gasteiger partial charge in [0, 0.05) is 5.56 Å². The van der Waals surface area contributed by atoms with E-state index in [0.29, 0.717) is 34.3 Å². The highest BCUT2D eigenvalue weighted by Crippen LogP contribution is 2.26. The first-order valence-electron chi connectivity index (χ1n) is 7.67. The van der Waals surface area contributed by atoms with Crippen molar-refractivity contribution in [3.05, 3.63) is 52.5 Å². The van der Waals surface area contributed by atoms with Crippen molar-refractivity contribution in [3.63, 3.8) is 0 Å². The summed E-state index contributed by atoms with van der Waals surface area (Å²) in [5.74, 6) is -0.393. The van der Waals surface area contributed by atoms with Gasteiger partial charge < -0.3 is 20.5 Å². The second-order valence-corrected chi connectivity index (χ2v) is 5.65. The molecule has 7 heteroatoms. The zero-order chi connectivity index (χ0) is 18.4. The quantitative estimate of drug-likeness (QED) is 0.603. The lowest BCUT2D eigenvalue weighted by molar-refractivity contribution is 0.0600. The average molecular weight is 363 g/mol. The van der Waals surface area contributed by atoms with Gasteiger partial charge in [-0.15, -0.1) is 0 Å². The highest BCUT2D eigenvalue weighted by molar-refractivity contribution is 6.34. The van der Waals surface area contributed by atoms with Crippen LogP contribution in [-0.4, -0.2) is 25.6 Å². The minimum absolute atomic E-state index is 0.282. The largest absolute Gasteiger partial charge is 0.491 e. The van der Waals surface area contributed by atoms with Crippen LogP contribution in [0.15, 0.2) is 36.4 Å². The monoisotopic (exact) mass is 362 g/mol. The number of nitrogens with one attached hydrogen (secondary N) is 1. The first-order valence-corrected chi connectivity index (χ1v) is 8.05. The Bertz CT molecular complexity index is 793. The van der Waals surface area contributed by atoms with Gasteiger partial charge in [-0.3, -0.25) is 4.79 Å². The number of hydrogen-bond donors (Lipinski definition) is 2. The van der Waals surface area contributed by atoms with Crippen LogP contribution in [0.2, 0.25) is 5.02 Å². The molecule has 2 aromatic carbocycles. The molecule has 0 spiro atoms. The van der Waals surface area contributed by atoms with Gasteiger partial charge >= 0.3 is 5.97 Å². The SMILES string of the molecule is CCCOc1ccc(C(=O)Nc2cc(C(=O)OC)ccc2Cl)cc1N. The van der Waals surface area contributed by atoms with Gasteiger partial charge in [0.15, 0.2) is 0 Å². The molecular formula is C18H19ClN2O4. The Morgan fingerprint density at radius 1 is 1.16 bits per heavy atom. The molecule has 0 unspecified atom stereocenters. The number of esters is 1. The van der Waals surface area contributed by atoms with Crippen LogP contribution in [0, 0.1) is 0 Å². The Morgan fingerprint density at radius 2 is 1.88 bits per heavy atom. The molecule has 2 aromatic rings. The van der Waals surface area contributed by atoms with E-state index >= 15 is 0 Å². The van der Waals surface area contributed by atoms with Crippen LogP contribution >= 0.6 is 11.6 Å². The molecule has 132 valence electrons. The lowest BCUT2D eigenvalue weighted by Gasteiger charge is -2.11. The van der Waals surface area contributed by atoms with Crippen molar-refractivity contribution in [1.82, 2.24) is 0 Å². The summed E-state index contributed by atoms with van der Waals surface area (Å²) < 4.78 is 10.1. The standard InChI is InChI=1S/C18H19ClN2O4/c1-3-8-25-16-7-5-11(9-14(16)20)17(22)21-15-10-12(18(23)24-2)4-6-13(15)19/h4-7,9-10H,3,8,20H2,1-2H3,(H,21,22). The Balaban J connectivity index is 2.19. The third-order valence-corrected chi connectivity index (χ3v) is 3.70. The second-order valence-electron chi connectivity index (χ2n) is 5.24. The van der Waals surface area contributed by atoms with E-state index in [2.05, 4.69) is 10.1 Å². The van der Waals surface area contributed by atoms with Gasteiger partial charge in [0.2, 0.25) is 0 Å². The summed E-state index contributed by atoms with van der Waals surface area (Å²) >= 11 is 6.08. The number of nitrogens with two attached hydrogens (primary N) is 1. The Labute approximate surface area is 150 Å². The van der Waals surface area contributed by atoms with Gasteiger partial charge in [-0.05, 0) is 42.8 Å². The summed E-state index contributed by atoms with van der Waals surface area (Å²) in [6.45, 7) is 2.54. The molecular weight excluding hydrogens is 344 g/mol. The number of hydrogen-bond acceptors (Lipinski definition) is 5. The summed E-state index contributed by atoms with van der Waals surface area (Å²) in [7, 11) is 1.28. The van der Waals surface area contributed by atoms with E-state index in [1.165, 1.54) is 31.4 Å². The van der Waals surface area contributed by atoms with E-state index < -0.39 is 11.9 Å². The zero-order valence-electron chi connectivity index (χ0n) is 14.0. The minimum Gasteiger partial charge on any atom is -0.491 e. The maximum Gasteiger partial charge on any atom is 0.337 e. The lowest BCUT2D eigenvalue weighted by Crippen LogP contribution is -2.13. The first-order chi connectivity index (χ1) is 12.0. The first kappa shape index (κ1) is 18.6. The molecule has 6 nitrogen and oxygen atoms in total. The molecule has 0 heterocycles. The molecule has 2 rings (SSSR count). The Kier molecular flexibility index (Phi) is 6.25. The summed E-state index contributed by atoms with van der Waals surface area (Å²) in [5.41, 5.74) is 7.22. The number of ether oxygens (including phenoxy) is 2. The third-order valence-electron chi connectivity index (χ3n) is 3.37. The summed E-state index contributed by atoms with van der Waals surface area (Å²) in [6, 6.07) is 9.26. The van der Waals surface area contributed by atoms with Gasteiger partial charge in [-0.25, -0.2) is 4.79 Å². The van der Waals surface area contributed by atoms with Crippen LogP contribution in [0.1, 0.15) is 34.1 Å². The van der Waals surface area contributed by atoms with Crippen molar-refractivity contribution in [1.29, 1.82) is 0 Å². The fraction of sp³-hybridized carbons (Fsp3) is 0.222. The number of rotatable bonds is 6. The van der Waals surface area contributed by atoms with Crippen molar-refractivity contribution < 1.29 is 19.1 Å². The van der Waals surface area contributed by atoms with Crippen LogP contribution in [-0.2, 0) is 4.74 Å². The average Bonchev–Trinajstić information content (AvgIpc) is 2.61. The van der Waals surface area contributed by atoms with E-state index in [1.54, 1.807) is 12.1 Å². The van der Waals surface area contributed by atoms with Crippen molar-refractivity contribution >= 4 is 34.9 Å². The number of anilines is 2. The number of carbonyl (C=O) groups is 2. The molecule has 0 radical (unpaired) electrons. The number of nitrogen functional groups attached to an aromatic ring is 1. The molecule has 25 heavy (non-hydrogen) atoms. The summed E-state index contributed by atoms with van der Waals surface area (Å²) in [6.07, 6.45) is 0.858. The highest BCUT2D eigenvalue weighted by Gasteiger charge is 2.13. The van der Waals surface area contributed by atoms with E-state index in [4.69, 9.17) is 22.1 Å². The highest BCUT2D eigenvalue weighted by atomic mass is 35.5. The maximum atomic E-state index is 12.4. The van der Waals surface area contributed by atoms with Gasteiger partial charge in [0.05, 0.1) is 35.7 Å². The number of carbonyl (C=O) groups excluding carboxylic acids is 2. The van der Waals surface area contributed by atoms with Crippen LogP contribution in [0.3, 0.4) is 0 Å². The fourth-order valence-corrected chi connectivity index (χ4v) is 2.26. The van der Waals surface area contributed by atoms with Crippen LogP contribution in [0.5, 0.6) is 5.75 Å². The summed E-state index contributed by atoms with van der Waals surface area (Å²) in [5, 5.41) is 2.96. The molecule has 0 saturated carbocycles. The van der Waals surface area contributed by atoms with E-state index in [-0.39, 0.29) is 5.56 Å². The predicted molar refractivity (Wildman–Crippen MR) is 97.4 cm³/mol. The van der Waals surface area contributed by atoms with Crippen molar-refractivity contribution in [2.24, 2.45) is 0 Å². The van der Waals surface area contributed by atoms with E-state index in [9.17, 15) is 9.59 Å². The van der Waals surface area contributed by atoms with E-state index in [0.717, 1.165) is 6.42 Å². The van der Waals surface area contributed by atoms with Crippen LogP contribution < -0.4 is 15.8 Å². The smallest absolute Gasteiger partial charge is 0.337 e. The number of methoxy groups -OCH3 is 1. The van der Waals surface area contributed by atoms with Crippen LogP contribution in [0.4, 0.5) is 11.4 Å². The topological polar surface area (TPSA) is 90.6 Å². The molecule has 1 amide bonds. The van der Waals surface area contributed by atoms with Crippen molar-refractivity contribution in [2.75, 3.05) is 24.8 Å². The lowest BCUT2D eigenvalue weighted by atomic mass is 10.1. The van der Waals surface area contributed by atoms with Gasteiger partial charge in [-0.2, -0.15) is 0 Å². The fourth-order valence-electron chi connectivity index (χ4n) is 2.09. The van der Waals surface area contributed by atoms with Crippen molar-refractivity contribution in [3.8, 4) is 5.75 Å². The van der Waals surface area contributed by atoms with E-state index in [1.807, 2.05) is 6.92 Å². The summed E-state index contributed by atoms with van der Waals surface area (Å²) in [4.78, 5) is 24.0. The zero-order valence-corrected chi connectivity index (χ0v) is 14.7. The molecule has 0 bridgehead atoms. The molecule has 0 aliphatic carbocycles. The Hall–Kier alpha value is -2.73. The third kappa shape index (κ3) is 4.64.